The van der Waals surface area contributed by atoms with Crippen molar-refractivity contribution in [3.05, 3.63) is 47.7 Å². The standard InChI is InChI=1S/C20H26N6O4S/c1-22-17-11-13(8-9-23-17)20(27)26-10-3-2-5-14(26)12-30-16-7-4-6-15-18(16)19(21)25-31(28,29)24-15/h4,6-9,11,14,24,28-29H,2-3,5,10,12H2,1H3,(H2,21,25)(H,22,23). The summed E-state index contributed by atoms with van der Waals surface area (Å²) in [6, 6.07) is 8.51. The normalized spacial score (nSPS) is 20.7. The molecule has 11 heteroatoms. The van der Waals surface area contributed by atoms with Gasteiger partial charge in [-0.05, 0) is 54.5 Å². The maximum Gasteiger partial charge on any atom is 0.254 e. The lowest BCUT2D eigenvalue weighted by molar-refractivity contribution is 0.0528. The summed E-state index contributed by atoms with van der Waals surface area (Å²) in [4.78, 5) is 19.2. The van der Waals surface area contributed by atoms with E-state index in [0.717, 1.165) is 19.3 Å². The lowest BCUT2D eigenvalue weighted by Crippen LogP contribution is -2.46. The number of carbonyl (C=O) groups excluding carboxylic acids is 1. The SMILES string of the molecule is CNc1cc(C(=O)N2CCCCC2COc2cccc3c2C(N)=NS(O)(O)N3)ccn1. The van der Waals surface area contributed by atoms with Gasteiger partial charge in [0.05, 0.1) is 17.3 Å². The number of pyridine rings is 1. The van der Waals surface area contributed by atoms with E-state index in [1.54, 1.807) is 43.6 Å². The molecule has 1 aromatic heterocycles. The first-order valence-electron chi connectivity index (χ1n) is 10.0. The first kappa shape index (κ1) is 21.2. The van der Waals surface area contributed by atoms with E-state index in [0.29, 0.717) is 34.9 Å². The summed E-state index contributed by atoms with van der Waals surface area (Å²) in [6.45, 7) is 0.943. The molecule has 2 aliphatic heterocycles. The maximum atomic E-state index is 13.2. The van der Waals surface area contributed by atoms with E-state index in [9.17, 15) is 13.9 Å². The predicted molar refractivity (Wildman–Crippen MR) is 122 cm³/mol. The van der Waals surface area contributed by atoms with Gasteiger partial charge in [-0.25, -0.2) is 4.98 Å². The second kappa shape index (κ2) is 8.61. The van der Waals surface area contributed by atoms with E-state index in [-0.39, 0.29) is 24.4 Å². The predicted octanol–water partition coefficient (Wildman–Crippen LogP) is 2.91. The fourth-order valence-electron chi connectivity index (χ4n) is 3.85. The molecule has 0 bridgehead atoms. The van der Waals surface area contributed by atoms with Crippen molar-refractivity contribution < 1.29 is 18.6 Å². The number of amidine groups is 1. The molecule has 1 amide bonds. The summed E-state index contributed by atoms with van der Waals surface area (Å²) < 4.78 is 32.0. The monoisotopic (exact) mass is 446 g/mol. The molecule has 1 saturated heterocycles. The number of fused-ring (bicyclic) bond motifs is 1. The van der Waals surface area contributed by atoms with Crippen molar-refractivity contribution >= 4 is 34.2 Å². The zero-order valence-electron chi connectivity index (χ0n) is 17.1. The number of carbonyl (C=O) groups is 1. The molecule has 6 N–H and O–H groups in total. The van der Waals surface area contributed by atoms with E-state index in [2.05, 4.69) is 19.4 Å². The molecule has 31 heavy (non-hydrogen) atoms. The fraction of sp³-hybridized carbons (Fsp3) is 0.350. The van der Waals surface area contributed by atoms with E-state index >= 15 is 0 Å². The average Bonchev–Trinajstić information content (AvgIpc) is 2.76. The number of rotatable bonds is 5. The first-order valence-corrected chi connectivity index (χ1v) is 11.5. The van der Waals surface area contributed by atoms with Crippen molar-refractivity contribution in [2.45, 2.75) is 25.3 Å². The van der Waals surface area contributed by atoms with E-state index < -0.39 is 11.0 Å². The molecule has 1 fully saturated rings. The Hall–Kier alpha value is -3.02. The third-order valence-electron chi connectivity index (χ3n) is 5.34. The number of nitrogens with zero attached hydrogens (tertiary/aromatic N) is 3. The van der Waals surface area contributed by atoms with Crippen LogP contribution in [0.2, 0.25) is 0 Å². The molecule has 0 saturated carbocycles. The van der Waals surface area contributed by atoms with Gasteiger partial charge in [-0.15, -0.1) is 4.40 Å². The Kier molecular flexibility index (Phi) is 5.90. The smallest absolute Gasteiger partial charge is 0.254 e. The molecule has 1 aromatic carbocycles. The lowest BCUT2D eigenvalue weighted by atomic mass is 10.0. The minimum atomic E-state index is -3.36. The molecular formula is C20H26N6O4S. The van der Waals surface area contributed by atoms with Gasteiger partial charge < -0.3 is 20.7 Å². The number of aromatic nitrogens is 1. The number of piperidine rings is 1. The molecule has 3 heterocycles. The van der Waals surface area contributed by atoms with Crippen LogP contribution in [0, 0.1) is 0 Å². The van der Waals surface area contributed by atoms with E-state index in [4.69, 9.17) is 10.5 Å². The van der Waals surface area contributed by atoms with E-state index in [1.807, 2.05) is 4.90 Å². The molecule has 1 unspecified atom stereocenters. The molecule has 2 aliphatic rings. The summed E-state index contributed by atoms with van der Waals surface area (Å²) in [5.41, 5.74) is 7.47. The van der Waals surface area contributed by atoms with Gasteiger partial charge in [-0.2, -0.15) is 0 Å². The Morgan fingerprint density at radius 2 is 2.23 bits per heavy atom. The Labute approximate surface area is 182 Å². The highest BCUT2D eigenvalue weighted by Gasteiger charge is 2.30. The molecule has 166 valence electrons. The molecule has 2 aromatic rings. The van der Waals surface area contributed by atoms with Crippen molar-refractivity contribution in [1.29, 1.82) is 0 Å². The minimum Gasteiger partial charge on any atom is -0.491 e. The average molecular weight is 447 g/mol. The summed E-state index contributed by atoms with van der Waals surface area (Å²) in [7, 11) is -1.60. The van der Waals surface area contributed by atoms with Crippen LogP contribution in [0.5, 0.6) is 5.75 Å². The summed E-state index contributed by atoms with van der Waals surface area (Å²) in [6.07, 6.45) is 4.39. The zero-order chi connectivity index (χ0) is 22.0. The number of hydrogen-bond donors (Lipinski definition) is 5. The third kappa shape index (κ3) is 4.53. The van der Waals surface area contributed by atoms with Crippen molar-refractivity contribution in [3.8, 4) is 5.75 Å². The van der Waals surface area contributed by atoms with Crippen LogP contribution in [0.4, 0.5) is 11.5 Å². The quantitative estimate of drug-likeness (QED) is 0.471. The number of likely N-dealkylation sites (tertiary alicyclic amines) is 1. The Balaban J connectivity index is 1.52. The number of amides is 1. The molecule has 4 rings (SSSR count). The Bertz CT molecular complexity index is 1010. The van der Waals surface area contributed by atoms with Crippen LogP contribution in [-0.4, -0.2) is 57.0 Å². The number of nitrogens with one attached hydrogen (secondary N) is 2. The van der Waals surface area contributed by atoms with Gasteiger partial charge in [-0.1, -0.05) is 6.07 Å². The number of ether oxygens (including phenoxy) is 1. The molecule has 0 radical (unpaired) electrons. The Morgan fingerprint density at radius 1 is 1.39 bits per heavy atom. The van der Waals surface area contributed by atoms with Gasteiger partial charge in [-0.3, -0.25) is 18.6 Å². The number of nitrogens with two attached hydrogens (primary N) is 1. The number of benzene rings is 1. The highest BCUT2D eigenvalue weighted by Crippen LogP contribution is 2.46. The second-order valence-corrected chi connectivity index (χ2v) is 8.84. The molecule has 0 spiro atoms. The van der Waals surface area contributed by atoms with Crippen LogP contribution >= 0.6 is 11.0 Å². The van der Waals surface area contributed by atoms with Gasteiger partial charge >= 0.3 is 0 Å². The Morgan fingerprint density at radius 3 is 3.03 bits per heavy atom. The molecule has 0 aliphatic carbocycles. The second-order valence-electron chi connectivity index (χ2n) is 7.42. The van der Waals surface area contributed by atoms with Crippen LogP contribution in [0.15, 0.2) is 40.9 Å². The number of hydrogen-bond acceptors (Lipinski definition) is 9. The fourth-order valence-corrected chi connectivity index (χ4v) is 4.72. The topological polar surface area (TPSA) is 145 Å². The van der Waals surface area contributed by atoms with Crippen LogP contribution in [0.3, 0.4) is 0 Å². The zero-order valence-corrected chi connectivity index (χ0v) is 17.9. The highest BCUT2D eigenvalue weighted by atomic mass is 32.3. The third-order valence-corrected chi connectivity index (χ3v) is 6.28. The van der Waals surface area contributed by atoms with Gasteiger partial charge in [0.25, 0.3) is 5.91 Å². The molecule has 1 atom stereocenters. The van der Waals surface area contributed by atoms with E-state index in [1.165, 1.54) is 0 Å². The summed E-state index contributed by atoms with van der Waals surface area (Å²) in [5.74, 6) is 1.05. The van der Waals surface area contributed by atoms with Crippen molar-refractivity contribution in [3.63, 3.8) is 0 Å². The van der Waals surface area contributed by atoms with Crippen LogP contribution < -0.4 is 20.5 Å². The largest absolute Gasteiger partial charge is 0.491 e. The van der Waals surface area contributed by atoms with Crippen LogP contribution in [0.25, 0.3) is 0 Å². The highest BCUT2D eigenvalue weighted by molar-refractivity contribution is 8.24. The first-order chi connectivity index (χ1) is 14.9. The van der Waals surface area contributed by atoms with Gasteiger partial charge in [0.15, 0.2) is 5.84 Å². The lowest BCUT2D eigenvalue weighted by Gasteiger charge is -2.36. The summed E-state index contributed by atoms with van der Waals surface area (Å²) >= 11 is 0. The van der Waals surface area contributed by atoms with Gasteiger partial charge in [0.2, 0.25) is 0 Å². The van der Waals surface area contributed by atoms with Crippen molar-refractivity contribution in [2.75, 3.05) is 30.2 Å². The molecular weight excluding hydrogens is 420 g/mol. The van der Waals surface area contributed by atoms with Gasteiger partial charge in [0.1, 0.15) is 18.2 Å². The maximum absolute atomic E-state index is 13.2. The van der Waals surface area contributed by atoms with Crippen LogP contribution in [0.1, 0.15) is 35.2 Å². The summed E-state index contributed by atoms with van der Waals surface area (Å²) in [5, 5.41) is 2.95. The molecule has 10 nitrogen and oxygen atoms in total. The number of anilines is 2. The van der Waals surface area contributed by atoms with Gasteiger partial charge in [0, 0.05) is 25.4 Å². The minimum absolute atomic E-state index is 0.00249. The van der Waals surface area contributed by atoms with Crippen molar-refractivity contribution in [2.24, 2.45) is 10.1 Å². The van der Waals surface area contributed by atoms with Crippen LogP contribution in [-0.2, 0) is 0 Å². The van der Waals surface area contributed by atoms with Crippen molar-refractivity contribution in [1.82, 2.24) is 9.88 Å².